The summed E-state index contributed by atoms with van der Waals surface area (Å²) in [5.74, 6) is 1.49. The van der Waals surface area contributed by atoms with Gasteiger partial charge in [-0.25, -0.2) is 0 Å². The van der Waals surface area contributed by atoms with E-state index in [4.69, 9.17) is 14.5 Å². The molecule has 2 atom stereocenters. The summed E-state index contributed by atoms with van der Waals surface area (Å²) in [4.78, 5) is 9.89. The van der Waals surface area contributed by atoms with Crippen molar-refractivity contribution in [3.63, 3.8) is 0 Å². The summed E-state index contributed by atoms with van der Waals surface area (Å²) in [6, 6.07) is 0. The van der Waals surface area contributed by atoms with E-state index in [9.17, 15) is 0 Å². The minimum atomic E-state index is 0. The first-order chi connectivity index (χ1) is 13.7. The predicted molar refractivity (Wildman–Crippen MR) is 132 cm³/mol. The van der Waals surface area contributed by atoms with Gasteiger partial charge >= 0.3 is 0 Å². The maximum Gasteiger partial charge on any atom is 0.191 e. The van der Waals surface area contributed by atoms with Crippen molar-refractivity contribution >= 4 is 29.9 Å². The molecule has 2 rings (SSSR count). The van der Waals surface area contributed by atoms with Crippen molar-refractivity contribution in [2.75, 3.05) is 78.7 Å². The third kappa shape index (κ3) is 11.7. The quantitative estimate of drug-likeness (QED) is 0.176. The number of hydrogen-bond acceptors (Lipinski definition) is 5. The van der Waals surface area contributed by atoms with Crippen LogP contribution in [0.3, 0.4) is 0 Å². The number of hydrogen-bond donors (Lipinski definition) is 2. The molecule has 0 radical (unpaired) electrons. The van der Waals surface area contributed by atoms with E-state index in [2.05, 4.69) is 41.2 Å². The number of nitrogens with one attached hydrogen (secondary N) is 2. The molecule has 0 bridgehead atoms. The number of halogens is 1. The average Bonchev–Trinajstić information content (AvgIpc) is 3.22. The molecule has 0 aromatic heterocycles. The lowest BCUT2D eigenvalue weighted by atomic mass is 10.1. The molecular weight excluding hydrogens is 481 g/mol. The zero-order chi connectivity index (χ0) is 20.0. The Balaban J connectivity index is 0.00000420. The maximum atomic E-state index is 5.72. The summed E-state index contributed by atoms with van der Waals surface area (Å²) >= 11 is 0. The molecule has 172 valence electrons. The van der Waals surface area contributed by atoms with Crippen molar-refractivity contribution in [1.82, 2.24) is 20.4 Å². The Morgan fingerprint density at radius 1 is 1.17 bits per heavy atom. The van der Waals surface area contributed by atoms with E-state index in [0.29, 0.717) is 12.0 Å². The second kappa shape index (κ2) is 16.5. The van der Waals surface area contributed by atoms with Crippen molar-refractivity contribution in [3.8, 4) is 0 Å². The van der Waals surface area contributed by atoms with E-state index < -0.39 is 0 Å². The Hall–Kier alpha value is -0.160. The van der Waals surface area contributed by atoms with Crippen LogP contribution in [0.5, 0.6) is 0 Å². The van der Waals surface area contributed by atoms with Crippen LogP contribution in [0, 0.1) is 5.92 Å². The highest BCUT2D eigenvalue weighted by Crippen LogP contribution is 2.11. The third-order valence-electron chi connectivity index (χ3n) is 5.47. The van der Waals surface area contributed by atoms with Crippen LogP contribution in [0.25, 0.3) is 0 Å². The molecular formula is C21H44IN5O2. The molecule has 0 aromatic rings. The Kier molecular flexibility index (Phi) is 15.3. The van der Waals surface area contributed by atoms with Crippen LogP contribution in [-0.2, 0) is 9.47 Å². The van der Waals surface area contributed by atoms with E-state index in [1.54, 1.807) is 0 Å². The van der Waals surface area contributed by atoms with Crippen LogP contribution in [0.4, 0.5) is 0 Å². The van der Waals surface area contributed by atoms with E-state index in [1.165, 1.54) is 39.1 Å². The monoisotopic (exact) mass is 525 g/mol. The van der Waals surface area contributed by atoms with E-state index in [-0.39, 0.29) is 24.0 Å². The number of aliphatic imine (C=N–C) groups is 1. The first kappa shape index (κ1) is 26.9. The molecule has 29 heavy (non-hydrogen) atoms. The minimum absolute atomic E-state index is 0. The number of guanidine groups is 1. The molecule has 2 heterocycles. The molecule has 8 heteroatoms. The summed E-state index contributed by atoms with van der Waals surface area (Å²) < 4.78 is 11.3. The Bertz CT molecular complexity index is 427. The topological polar surface area (TPSA) is 61.4 Å². The number of rotatable bonds is 12. The van der Waals surface area contributed by atoms with E-state index >= 15 is 0 Å². The molecule has 0 amide bonds. The van der Waals surface area contributed by atoms with Gasteiger partial charge in [0.1, 0.15) is 0 Å². The fourth-order valence-corrected chi connectivity index (χ4v) is 3.75. The van der Waals surface area contributed by atoms with Gasteiger partial charge in [-0.05, 0) is 38.6 Å². The fourth-order valence-electron chi connectivity index (χ4n) is 3.75. The van der Waals surface area contributed by atoms with E-state index in [1.807, 2.05) is 0 Å². The van der Waals surface area contributed by atoms with Gasteiger partial charge in [-0.1, -0.05) is 13.8 Å². The van der Waals surface area contributed by atoms with Crippen LogP contribution < -0.4 is 10.6 Å². The van der Waals surface area contributed by atoms with Gasteiger partial charge in [0.2, 0.25) is 0 Å². The summed E-state index contributed by atoms with van der Waals surface area (Å²) in [6.45, 7) is 18.8. The smallest absolute Gasteiger partial charge is 0.191 e. The summed E-state index contributed by atoms with van der Waals surface area (Å²) in [6.07, 6.45) is 3.61. The van der Waals surface area contributed by atoms with Crippen LogP contribution in [0.2, 0.25) is 0 Å². The third-order valence-corrected chi connectivity index (χ3v) is 5.47. The molecule has 7 nitrogen and oxygen atoms in total. The summed E-state index contributed by atoms with van der Waals surface area (Å²) in [7, 11) is 0. The summed E-state index contributed by atoms with van der Waals surface area (Å²) in [5, 5.41) is 6.78. The van der Waals surface area contributed by atoms with Gasteiger partial charge in [0.15, 0.2) is 5.96 Å². The highest BCUT2D eigenvalue weighted by molar-refractivity contribution is 14.0. The van der Waals surface area contributed by atoms with Gasteiger partial charge in [-0.2, -0.15) is 0 Å². The molecule has 2 fully saturated rings. The van der Waals surface area contributed by atoms with Gasteiger partial charge in [-0.3, -0.25) is 4.99 Å². The number of nitrogens with zero attached hydrogens (tertiary/aromatic N) is 3. The lowest BCUT2D eigenvalue weighted by molar-refractivity contribution is 0.0168. The van der Waals surface area contributed by atoms with Crippen LogP contribution in [0.1, 0.15) is 40.0 Å². The molecule has 2 saturated heterocycles. The molecule has 2 N–H and O–H groups in total. The van der Waals surface area contributed by atoms with Crippen molar-refractivity contribution < 1.29 is 9.47 Å². The Morgan fingerprint density at radius 2 is 1.93 bits per heavy atom. The molecule has 2 aliphatic heterocycles. The van der Waals surface area contributed by atoms with Crippen LogP contribution in [0.15, 0.2) is 4.99 Å². The van der Waals surface area contributed by atoms with Gasteiger partial charge in [0.25, 0.3) is 0 Å². The minimum Gasteiger partial charge on any atom is -0.379 e. The highest BCUT2D eigenvalue weighted by Gasteiger charge is 2.17. The largest absolute Gasteiger partial charge is 0.379 e. The van der Waals surface area contributed by atoms with Gasteiger partial charge in [0, 0.05) is 65.6 Å². The average molecular weight is 526 g/mol. The summed E-state index contributed by atoms with van der Waals surface area (Å²) in [5.41, 5.74) is 0. The van der Waals surface area contributed by atoms with Gasteiger partial charge in [0.05, 0.1) is 12.7 Å². The highest BCUT2D eigenvalue weighted by atomic mass is 127. The molecule has 2 aliphatic rings. The number of likely N-dealkylation sites (N-methyl/N-ethyl adjacent to an activating group) is 1. The van der Waals surface area contributed by atoms with Gasteiger partial charge < -0.3 is 29.9 Å². The first-order valence-electron chi connectivity index (χ1n) is 11.4. The number of piperazine rings is 1. The van der Waals surface area contributed by atoms with Crippen LogP contribution >= 0.6 is 24.0 Å². The molecule has 0 saturated carbocycles. The van der Waals surface area contributed by atoms with Crippen LogP contribution in [-0.4, -0.2) is 101 Å². The van der Waals surface area contributed by atoms with Crippen molar-refractivity contribution in [2.24, 2.45) is 10.9 Å². The zero-order valence-corrected chi connectivity index (χ0v) is 21.2. The molecule has 0 spiro atoms. The Labute approximate surface area is 195 Å². The maximum absolute atomic E-state index is 5.72. The second-order valence-electron chi connectivity index (χ2n) is 8.05. The van der Waals surface area contributed by atoms with Gasteiger partial charge in [-0.15, -0.1) is 24.0 Å². The van der Waals surface area contributed by atoms with Crippen molar-refractivity contribution in [2.45, 2.75) is 46.1 Å². The fraction of sp³-hybridized carbons (Fsp3) is 0.952. The molecule has 2 unspecified atom stereocenters. The lowest BCUT2D eigenvalue weighted by Gasteiger charge is -2.35. The molecule has 0 aliphatic carbocycles. The lowest BCUT2D eigenvalue weighted by Crippen LogP contribution is -2.47. The number of ether oxygens (including phenoxy) is 2. The van der Waals surface area contributed by atoms with Crippen molar-refractivity contribution in [1.29, 1.82) is 0 Å². The first-order valence-corrected chi connectivity index (χ1v) is 11.4. The predicted octanol–water partition coefficient (Wildman–Crippen LogP) is 2.02. The Morgan fingerprint density at radius 3 is 2.59 bits per heavy atom. The standard InChI is InChI=1S/C21H43N5O2.HI/c1-4-22-21(23-9-7-14-27-18-20-8-6-15-28-20)24-16-19(3)17-26-12-10-25(5-2)11-13-26;/h19-20H,4-18H2,1-3H3,(H2,22,23,24);1H. The molecule has 0 aromatic carbocycles. The zero-order valence-electron chi connectivity index (χ0n) is 18.8. The SMILES string of the molecule is CCNC(=NCC(C)CN1CCN(CC)CC1)NCCCOCC1CCCO1.I. The van der Waals surface area contributed by atoms with E-state index in [0.717, 1.165) is 64.8 Å². The normalized spacial score (nSPS) is 22.3. The van der Waals surface area contributed by atoms with Crippen molar-refractivity contribution in [3.05, 3.63) is 0 Å². The second-order valence-corrected chi connectivity index (χ2v) is 8.05.